The summed E-state index contributed by atoms with van der Waals surface area (Å²) in [5.41, 5.74) is 0. The fourth-order valence-electron chi connectivity index (χ4n) is 1.64. The van der Waals surface area contributed by atoms with E-state index in [1.807, 2.05) is 0 Å². The number of carbonyl (C=O) groups excluding carboxylic acids is 1. The van der Waals surface area contributed by atoms with Crippen LogP contribution in [0.1, 0.15) is 12.8 Å². The van der Waals surface area contributed by atoms with Crippen molar-refractivity contribution in [3.63, 3.8) is 0 Å². The number of aliphatic hydroxyl groups excluding tert-OH is 1. The van der Waals surface area contributed by atoms with Crippen LogP contribution in [-0.2, 0) is 9.53 Å². The first kappa shape index (κ1) is 12.4. The van der Waals surface area contributed by atoms with Gasteiger partial charge < -0.3 is 20.5 Å². The van der Waals surface area contributed by atoms with E-state index < -0.39 is 0 Å². The molecule has 0 spiro atoms. The minimum atomic E-state index is 0.0300. The molecule has 0 aromatic heterocycles. The Bertz CT molecular complexity index is 182. The van der Waals surface area contributed by atoms with Crippen LogP contribution >= 0.6 is 0 Å². The molecule has 5 nitrogen and oxygen atoms in total. The summed E-state index contributed by atoms with van der Waals surface area (Å²) in [4.78, 5) is 11.6. The molecule has 0 aromatic rings. The van der Waals surface area contributed by atoms with Crippen LogP contribution in [0.2, 0.25) is 0 Å². The molecule has 1 aliphatic heterocycles. The summed E-state index contributed by atoms with van der Waals surface area (Å²) in [6.07, 6.45) is 1.84. The minimum absolute atomic E-state index is 0.0300. The van der Waals surface area contributed by atoms with Gasteiger partial charge in [-0.3, -0.25) is 4.79 Å². The van der Waals surface area contributed by atoms with Crippen LogP contribution in [0.5, 0.6) is 0 Å². The quantitative estimate of drug-likeness (QED) is 0.504. The van der Waals surface area contributed by atoms with E-state index in [-0.39, 0.29) is 18.4 Å². The molecule has 1 amide bonds. The molecular formula is C10H20N2O3. The molecule has 1 heterocycles. The van der Waals surface area contributed by atoms with E-state index in [9.17, 15) is 4.79 Å². The molecule has 0 unspecified atom stereocenters. The van der Waals surface area contributed by atoms with Crippen molar-refractivity contribution in [1.82, 2.24) is 10.6 Å². The van der Waals surface area contributed by atoms with Crippen molar-refractivity contribution in [3.8, 4) is 0 Å². The summed E-state index contributed by atoms with van der Waals surface area (Å²) < 4.78 is 5.04. The van der Waals surface area contributed by atoms with Crippen LogP contribution in [0.25, 0.3) is 0 Å². The molecular weight excluding hydrogens is 196 g/mol. The standard InChI is InChI=1S/C10H20N2O3/c13-6-8-15-7-5-12-10(14)9-1-3-11-4-2-9/h9,11,13H,1-8H2,(H,12,14). The monoisotopic (exact) mass is 216 g/mol. The summed E-state index contributed by atoms with van der Waals surface area (Å²) in [5.74, 6) is 0.285. The van der Waals surface area contributed by atoms with E-state index in [2.05, 4.69) is 10.6 Å². The highest BCUT2D eigenvalue weighted by Gasteiger charge is 2.19. The van der Waals surface area contributed by atoms with Crippen molar-refractivity contribution in [2.75, 3.05) is 39.5 Å². The van der Waals surface area contributed by atoms with Gasteiger partial charge in [-0.05, 0) is 25.9 Å². The number of amides is 1. The van der Waals surface area contributed by atoms with Gasteiger partial charge in [0.25, 0.3) is 0 Å². The summed E-state index contributed by atoms with van der Waals surface area (Å²) in [5, 5.41) is 14.5. The third-order valence-corrected chi connectivity index (χ3v) is 2.49. The third-order valence-electron chi connectivity index (χ3n) is 2.49. The Balaban J connectivity index is 2.02. The maximum atomic E-state index is 11.6. The molecule has 88 valence electrons. The Morgan fingerprint density at radius 1 is 1.40 bits per heavy atom. The largest absolute Gasteiger partial charge is 0.394 e. The molecule has 1 aliphatic rings. The highest BCUT2D eigenvalue weighted by Crippen LogP contribution is 2.10. The minimum Gasteiger partial charge on any atom is -0.394 e. The van der Waals surface area contributed by atoms with Gasteiger partial charge in [0.2, 0.25) is 5.91 Å². The van der Waals surface area contributed by atoms with Crippen molar-refractivity contribution < 1.29 is 14.6 Å². The average Bonchev–Trinajstić information content (AvgIpc) is 2.30. The Labute approximate surface area is 90.2 Å². The van der Waals surface area contributed by atoms with E-state index in [1.165, 1.54) is 0 Å². The van der Waals surface area contributed by atoms with E-state index >= 15 is 0 Å². The van der Waals surface area contributed by atoms with Crippen LogP contribution < -0.4 is 10.6 Å². The molecule has 0 saturated carbocycles. The van der Waals surface area contributed by atoms with Crippen LogP contribution in [-0.4, -0.2) is 50.5 Å². The van der Waals surface area contributed by atoms with E-state index in [0.29, 0.717) is 19.8 Å². The van der Waals surface area contributed by atoms with Gasteiger partial charge in [-0.15, -0.1) is 0 Å². The van der Waals surface area contributed by atoms with Gasteiger partial charge in [0.15, 0.2) is 0 Å². The lowest BCUT2D eigenvalue weighted by atomic mass is 9.97. The maximum absolute atomic E-state index is 11.6. The molecule has 3 N–H and O–H groups in total. The zero-order chi connectivity index (χ0) is 10.9. The molecule has 0 radical (unpaired) electrons. The van der Waals surface area contributed by atoms with E-state index in [4.69, 9.17) is 9.84 Å². The summed E-state index contributed by atoms with van der Waals surface area (Å²) >= 11 is 0. The van der Waals surface area contributed by atoms with Gasteiger partial charge in [0.05, 0.1) is 19.8 Å². The van der Waals surface area contributed by atoms with Crippen LogP contribution in [0.3, 0.4) is 0 Å². The number of aliphatic hydroxyl groups is 1. The Morgan fingerprint density at radius 3 is 2.80 bits per heavy atom. The lowest BCUT2D eigenvalue weighted by molar-refractivity contribution is -0.126. The number of carbonyl (C=O) groups is 1. The first-order valence-corrected chi connectivity index (χ1v) is 5.51. The Kier molecular flexibility index (Phi) is 6.31. The molecule has 15 heavy (non-hydrogen) atoms. The SMILES string of the molecule is O=C(NCCOCCO)C1CCNCC1. The van der Waals surface area contributed by atoms with E-state index in [1.54, 1.807) is 0 Å². The molecule has 0 aromatic carbocycles. The molecule has 1 rings (SSSR count). The first-order chi connectivity index (χ1) is 7.34. The molecule has 0 atom stereocenters. The highest BCUT2D eigenvalue weighted by molar-refractivity contribution is 5.78. The van der Waals surface area contributed by atoms with Gasteiger partial charge in [-0.1, -0.05) is 0 Å². The van der Waals surface area contributed by atoms with Crippen LogP contribution in [0.4, 0.5) is 0 Å². The maximum Gasteiger partial charge on any atom is 0.223 e. The second kappa shape index (κ2) is 7.62. The third kappa shape index (κ3) is 5.11. The number of nitrogens with one attached hydrogen (secondary N) is 2. The normalized spacial score (nSPS) is 17.7. The molecule has 0 aliphatic carbocycles. The number of hydrogen-bond acceptors (Lipinski definition) is 4. The Hall–Kier alpha value is -0.650. The molecule has 0 bridgehead atoms. The molecule has 1 saturated heterocycles. The Morgan fingerprint density at radius 2 is 2.13 bits per heavy atom. The lowest BCUT2D eigenvalue weighted by Crippen LogP contribution is -2.39. The van der Waals surface area contributed by atoms with Crippen molar-refractivity contribution in [2.24, 2.45) is 5.92 Å². The van der Waals surface area contributed by atoms with E-state index in [0.717, 1.165) is 25.9 Å². The average molecular weight is 216 g/mol. The van der Waals surface area contributed by atoms with Crippen molar-refractivity contribution >= 4 is 5.91 Å². The van der Waals surface area contributed by atoms with Gasteiger partial charge in [0.1, 0.15) is 0 Å². The summed E-state index contributed by atoms with van der Waals surface area (Å²) in [6, 6.07) is 0. The summed E-state index contributed by atoms with van der Waals surface area (Å²) in [7, 11) is 0. The fraction of sp³-hybridized carbons (Fsp3) is 0.900. The zero-order valence-electron chi connectivity index (χ0n) is 9.00. The topological polar surface area (TPSA) is 70.6 Å². The fourth-order valence-corrected chi connectivity index (χ4v) is 1.64. The highest BCUT2D eigenvalue weighted by atomic mass is 16.5. The zero-order valence-corrected chi connectivity index (χ0v) is 9.00. The lowest BCUT2D eigenvalue weighted by Gasteiger charge is -2.21. The molecule has 5 heteroatoms. The predicted octanol–water partition coefficient (Wildman–Crippen LogP) is -0.889. The van der Waals surface area contributed by atoms with Gasteiger partial charge in [-0.25, -0.2) is 0 Å². The number of hydrogen-bond donors (Lipinski definition) is 3. The molecule has 1 fully saturated rings. The number of rotatable bonds is 6. The first-order valence-electron chi connectivity index (χ1n) is 5.51. The number of ether oxygens (including phenoxy) is 1. The van der Waals surface area contributed by atoms with Gasteiger partial charge in [0, 0.05) is 12.5 Å². The van der Waals surface area contributed by atoms with Crippen molar-refractivity contribution in [1.29, 1.82) is 0 Å². The van der Waals surface area contributed by atoms with Crippen LogP contribution in [0.15, 0.2) is 0 Å². The van der Waals surface area contributed by atoms with Gasteiger partial charge >= 0.3 is 0 Å². The van der Waals surface area contributed by atoms with Crippen molar-refractivity contribution in [3.05, 3.63) is 0 Å². The second-order valence-corrected chi connectivity index (χ2v) is 3.65. The number of piperidine rings is 1. The second-order valence-electron chi connectivity index (χ2n) is 3.65. The summed E-state index contributed by atoms with van der Waals surface area (Å²) in [6.45, 7) is 3.23. The smallest absolute Gasteiger partial charge is 0.223 e. The van der Waals surface area contributed by atoms with Gasteiger partial charge in [-0.2, -0.15) is 0 Å². The predicted molar refractivity (Wildman–Crippen MR) is 56.5 cm³/mol. The van der Waals surface area contributed by atoms with Crippen molar-refractivity contribution in [2.45, 2.75) is 12.8 Å². The van der Waals surface area contributed by atoms with Crippen LogP contribution in [0, 0.1) is 5.92 Å².